The van der Waals surface area contributed by atoms with Crippen molar-refractivity contribution in [3.8, 4) is 0 Å². The van der Waals surface area contributed by atoms with Crippen molar-refractivity contribution in [3.63, 3.8) is 0 Å². The van der Waals surface area contributed by atoms with Gasteiger partial charge >= 0.3 is 0 Å². The zero-order valence-electron chi connectivity index (χ0n) is 13.4. The van der Waals surface area contributed by atoms with Crippen LogP contribution >= 0.6 is 11.3 Å². The van der Waals surface area contributed by atoms with Crippen LogP contribution in [0.1, 0.15) is 44.1 Å². The highest BCUT2D eigenvalue weighted by Crippen LogP contribution is 2.33. The molecule has 1 aromatic carbocycles. The van der Waals surface area contributed by atoms with E-state index in [-0.39, 0.29) is 0 Å². The second kappa shape index (κ2) is 6.47. The van der Waals surface area contributed by atoms with Gasteiger partial charge in [-0.1, -0.05) is 25.1 Å². The van der Waals surface area contributed by atoms with Gasteiger partial charge in [-0.2, -0.15) is 0 Å². The Balaban J connectivity index is 1.89. The Morgan fingerprint density at radius 1 is 1.29 bits per heavy atom. The van der Waals surface area contributed by atoms with Crippen LogP contribution in [0, 0.1) is 0 Å². The van der Waals surface area contributed by atoms with E-state index >= 15 is 0 Å². The molecule has 21 heavy (non-hydrogen) atoms. The highest BCUT2D eigenvalue weighted by atomic mass is 32.1. The molecule has 0 aliphatic heterocycles. The molecule has 1 aliphatic rings. The fourth-order valence-corrected chi connectivity index (χ4v) is 4.02. The average molecular weight is 302 g/mol. The first kappa shape index (κ1) is 15.0. The van der Waals surface area contributed by atoms with Crippen LogP contribution in [0.4, 0.5) is 0 Å². The summed E-state index contributed by atoms with van der Waals surface area (Å²) in [6.45, 7) is 10.1. The summed E-state index contributed by atoms with van der Waals surface area (Å²) in [5.41, 5.74) is 1.54. The smallest absolute Gasteiger partial charge is 0.0349 e. The van der Waals surface area contributed by atoms with E-state index in [9.17, 15) is 0 Å². The van der Waals surface area contributed by atoms with Crippen molar-refractivity contribution < 1.29 is 0 Å². The zero-order valence-corrected chi connectivity index (χ0v) is 14.2. The molecule has 1 aliphatic carbocycles. The van der Waals surface area contributed by atoms with Crippen molar-refractivity contribution in [2.45, 2.75) is 58.8 Å². The van der Waals surface area contributed by atoms with Crippen molar-refractivity contribution >= 4 is 21.4 Å². The fourth-order valence-electron chi connectivity index (χ4n) is 2.85. The predicted molar refractivity (Wildman–Crippen MR) is 92.9 cm³/mol. The van der Waals surface area contributed by atoms with Crippen LogP contribution in [0.5, 0.6) is 0 Å². The molecule has 0 bridgehead atoms. The molecule has 1 heterocycles. The molecule has 2 nitrogen and oxygen atoms in total. The molecule has 3 rings (SSSR count). The quantitative estimate of drug-likeness (QED) is 0.816. The molecule has 0 saturated heterocycles. The molecular weight excluding hydrogens is 276 g/mol. The normalized spacial score (nSPS) is 15.5. The lowest BCUT2D eigenvalue weighted by molar-refractivity contribution is 0.225. The first-order valence-corrected chi connectivity index (χ1v) is 8.97. The highest BCUT2D eigenvalue weighted by molar-refractivity contribution is 7.19. The number of thiophene rings is 1. The molecule has 1 aromatic heterocycles. The molecule has 2 aromatic rings. The van der Waals surface area contributed by atoms with Gasteiger partial charge in [0.05, 0.1) is 0 Å². The Morgan fingerprint density at radius 3 is 2.71 bits per heavy atom. The van der Waals surface area contributed by atoms with Crippen LogP contribution in [0.3, 0.4) is 0 Å². The molecule has 0 radical (unpaired) electrons. The molecular formula is C18H26N2S. The average Bonchev–Trinajstić information content (AvgIpc) is 3.24. The zero-order chi connectivity index (χ0) is 14.8. The van der Waals surface area contributed by atoms with Gasteiger partial charge in [0.25, 0.3) is 0 Å². The topological polar surface area (TPSA) is 15.3 Å². The lowest BCUT2D eigenvalue weighted by Gasteiger charge is -2.25. The Labute approximate surface area is 132 Å². The highest BCUT2D eigenvalue weighted by Gasteiger charge is 2.22. The van der Waals surface area contributed by atoms with Gasteiger partial charge < -0.3 is 5.32 Å². The summed E-state index contributed by atoms with van der Waals surface area (Å²) in [6, 6.07) is 10.2. The molecule has 1 N–H and O–H groups in total. The van der Waals surface area contributed by atoms with Gasteiger partial charge in [-0.05, 0) is 50.2 Å². The van der Waals surface area contributed by atoms with Crippen molar-refractivity contribution in [2.75, 3.05) is 6.54 Å². The molecule has 0 unspecified atom stereocenters. The summed E-state index contributed by atoms with van der Waals surface area (Å²) < 4.78 is 1.43. The van der Waals surface area contributed by atoms with E-state index in [1.165, 1.54) is 27.8 Å². The van der Waals surface area contributed by atoms with E-state index in [0.717, 1.165) is 25.7 Å². The number of nitrogens with one attached hydrogen (secondary N) is 1. The van der Waals surface area contributed by atoms with Gasteiger partial charge in [-0.25, -0.2) is 0 Å². The number of rotatable bonds is 7. The second-order valence-electron chi connectivity index (χ2n) is 6.31. The number of hydrogen-bond acceptors (Lipinski definition) is 3. The molecule has 0 spiro atoms. The van der Waals surface area contributed by atoms with Crippen molar-refractivity contribution in [1.29, 1.82) is 0 Å². The third-order valence-corrected chi connectivity index (χ3v) is 5.62. The summed E-state index contributed by atoms with van der Waals surface area (Å²) >= 11 is 1.97. The summed E-state index contributed by atoms with van der Waals surface area (Å²) in [7, 11) is 0. The minimum Gasteiger partial charge on any atom is -0.309 e. The molecule has 0 amide bonds. The summed E-state index contributed by atoms with van der Waals surface area (Å²) in [6.07, 6.45) is 2.71. The first-order chi connectivity index (χ1) is 10.2. The number of hydrogen-bond donors (Lipinski definition) is 1. The van der Waals surface area contributed by atoms with Gasteiger partial charge in [-0.3, -0.25) is 4.90 Å². The molecule has 0 atom stereocenters. The Kier molecular flexibility index (Phi) is 4.63. The Bertz CT molecular complexity index is 598. The summed E-state index contributed by atoms with van der Waals surface area (Å²) in [5, 5.41) is 5.14. The third kappa shape index (κ3) is 3.47. The fraction of sp³-hybridized carbons (Fsp3) is 0.556. The number of nitrogens with zero attached hydrogens (tertiary/aromatic N) is 1. The largest absolute Gasteiger partial charge is 0.309 e. The maximum absolute atomic E-state index is 3.69. The standard InChI is InChI=1S/C18H26N2S/c1-4-20(13(2)3)12-16-15-7-5-6-8-17(15)21-18(16)11-19-14-9-10-14/h5-8,13-14,19H,4,9-12H2,1-3H3. The van der Waals surface area contributed by atoms with Crippen LogP contribution in [0.2, 0.25) is 0 Å². The van der Waals surface area contributed by atoms with Crippen LogP contribution in [-0.2, 0) is 13.1 Å². The maximum Gasteiger partial charge on any atom is 0.0349 e. The van der Waals surface area contributed by atoms with Crippen LogP contribution in [0.15, 0.2) is 24.3 Å². The number of fused-ring (bicyclic) bond motifs is 1. The van der Waals surface area contributed by atoms with E-state index < -0.39 is 0 Å². The van der Waals surface area contributed by atoms with Gasteiger partial charge in [-0.15, -0.1) is 11.3 Å². The second-order valence-corrected chi connectivity index (χ2v) is 7.45. The van der Waals surface area contributed by atoms with Gasteiger partial charge in [0.1, 0.15) is 0 Å². The predicted octanol–water partition coefficient (Wildman–Crippen LogP) is 4.38. The van der Waals surface area contributed by atoms with Crippen molar-refractivity contribution in [1.82, 2.24) is 10.2 Å². The summed E-state index contributed by atoms with van der Waals surface area (Å²) in [5.74, 6) is 0. The van der Waals surface area contributed by atoms with Gasteiger partial charge in [0.15, 0.2) is 0 Å². The maximum atomic E-state index is 3.69. The minimum atomic E-state index is 0.595. The SMILES string of the molecule is CCN(Cc1c(CNC2CC2)sc2ccccc12)C(C)C. The lowest BCUT2D eigenvalue weighted by atomic mass is 10.1. The van der Waals surface area contributed by atoms with Crippen LogP contribution in [0.25, 0.3) is 10.1 Å². The molecule has 1 fully saturated rings. The van der Waals surface area contributed by atoms with E-state index in [4.69, 9.17) is 0 Å². The first-order valence-electron chi connectivity index (χ1n) is 8.15. The number of benzene rings is 1. The summed E-state index contributed by atoms with van der Waals surface area (Å²) in [4.78, 5) is 4.08. The van der Waals surface area contributed by atoms with E-state index in [2.05, 4.69) is 55.3 Å². The van der Waals surface area contributed by atoms with Gasteiger partial charge in [0, 0.05) is 34.8 Å². The molecule has 3 heteroatoms. The monoisotopic (exact) mass is 302 g/mol. The van der Waals surface area contributed by atoms with Gasteiger partial charge in [0.2, 0.25) is 0 Å². The van der Waals surface area contributed by atoms with E-state index in [0.29, 0.717) is 6.04 Å². The van der Waals surface area contributed by atoms with Crippen LogP contribution in [-0.4, -0.2) is 23.5 Å². The van der Waals surface area contributed by atoms with Crippen molar-refractivity contribution in [3.05, 3.63) is 34.7 Å². The molecule has 1 saturated carbocycles. The van der Waals surface area contributed by atoms with E-state index in [1.54, 1.807) is 5.56 Å². The molecule has 114 valence electrons. The lowest BCUT2D eigenvalue weighted by Crippen LogP contribution is -2.30. The Morgan fingerprint density at radius 2 is 2.05 bits per heavy atom. The van der Waals surface area contributed by atoms with E-state index in [1.807, 2.05) is 11.3 Å². The van der Waals surface area contributed by atoms with Crippen molar-refractivity contribution in [2.24, 2.45) is 0 Å². The minimum absolute atomic E-state index is 0.595. The Hall–Kier alpha value is -0.900. The third-order valence-electron chi connectivity index (χ3n) is 4.41. The van der Waals surface area contributed by atoms with Crippen LogP contribution < -0.4 is 5.32 Å².